The van der Waals surface area contributed by atoms with Crippen LogP contribution in [0.5, 0.6) is 0 Å². The predicted molar refractivity (Wildman–Crippen MR) is 78.3 cm³/mol. The number of anilines is 1. The van der Waals surface area contributed by atoms with Crippen LogP contribution in [-0.4, -0.2) is 30.6 Å². The van der Waals surface area contributed by atoms with Crippen molar-refractivity contribution in [1.82, 2.24) is 9.78 Å². The van der Waals surface area contributed by atoms with Crippen molar-refractivity contribution in [2.45, 2.75) is 45.4 Å². The molecule has 0 saturated heterocycles. The highest BCUT2D eigenvalue weighted by molar-refractivity contribution is 6.74. The lowest BCUT2D eigenvalue weighted by molar-refractivity contribution is 0.0995. The fraction of sp³-hybridized carbons (Fsp3) is 0.667. The molecule has 1 aromatic rings. The fourth-order valence-corrected chi connectivity index (χ4v) is 2.39. The van der Waals surface area contributed by atoms with E-state index in [4.69, 9.17) is 15.9 Å². The average molecular weight is 284 g/mol. The van der Waals surface area contributed by atoms with Gasteiger partial charge in [-0.25, -0.2) is 0 Å². The number of hydrogen-bond acceptors (Lipinski definition) is 4. The largest absolute Gasteiger partial charge is 0.415 e. The molecule has 7 heteroatoms. The highest BCUT2D eigenvalue weighted by Crippen LogP contribution is 2.36. The summed E-state index contributed by atoms with van der Waals surface area (Å²) in [5.41, 5.74) is 11.2. The molecule has 6 nitrogen and oxygen atoms in total. The predicted octanol–water partition coefficient (Wildman–Crippen LogP) is 1.59. The molecule has 4 N–H and O–H groups in total. The number of nitrogens with two attached hydrogens (primary N) is 2. The summed E-state index contributed by atoms with van der Waals surface area (Å²) in [4.78, 5) is 11.0. The van der Waals surface area contributed by atoms with Crippen molar-refractivity contribution in [3.05, 3.63) is 11.9 Å². The molecule has 108 valence electrons. The van der Waals surface area contributed by atoms with Gasteiger partial charge < -0.3 is 15.9 Å². The Kier molecular flexibility index (Phi) is 4.41. The molecule has 1 aromatic heterocycles. The number of carbonyl (C=O) groups is 1. The van der Waals surface area contributed by atoms with Crippen LogP contribution in [0.15, 0.2) is 6.20 Å². The second-order valence-electron chi connectivity index (χ2n) is 6.17. The zero-order valence-corrected chi connectivity index (χ0v) is 13.4. The Balaban J connectivity index is 2.59. The van der Waals surface area contributed by atoms with Crippen molar-refractivity contribution < 1.29 is 9.22 Å². The van der Waals surface area contributed by atoms with Gasteiger partial charge in [-0.15, -0.1) is 0 Å². The molecule has 0 aromatic carbocycles. The molecule has 1 heterocycles. The van der Waals surface area contributed by atoms with Gasteiger partial charge in [0, 0.05) is 6.20 Å². The van der Waals surface area contributed by atoms with E-state index in [0.29, 0.717) is 18.8 Å². The number of nitrogens with zero attached hydrogens (tertiary/aromatic N) is 2. The number of hydrogen-bond donors (Lipinski definition) is 2. The summed E-state index contributed by atoms with van der Waals surface area (Å²) >= 11 is 0. The first-order chi connectivity index (χ1) is 8.54. The number of nitrogen functional groups attached to an aromatic ring is 1. The zero-order chi connectivity index (χ0) is 14.8. The number of primary amides is 1. The molecule has 0 saturated carbocycles. The lowest BCUT2D eigenvalue weighted by Crippen LogP contribution is -2.41. The third-order valence-corrected chi connectivity index (χ3v) is 8.15. The van der Waals surface area contributed by atoms with E-state index in [9.17, 15) is 4.79 Å². The van der Waals surface area contributed by atoms with Gasteiger partial charge in [-0.1, -0.05) is 20.8 Å². The molecule has 0 bridgehead atoms. The van der Waals surface area contributed by atoms with Crippen molar-refractivity contribution in [3.63, 3.8) is 0 Å². The maximum atomic E-state index is 11.0. The van der Waals surface area contributed by atoms with E-state index >= 15 is 0 Å². The molecule has 0 radical (unpaired) electrons. The van der Waals surface area contributed by atoms with Crippen LogP contribution < -0.4 is 11.5 Å². The van der Waals surface area contributed by atoms with Gasteiger partial charge in [0.1, 0.15) is 0 Å². The second kappa shape index (κ2) is 5.34. The average Bonchev–Trinajstić information content (AvgIpc) is 2.57. The van der Waals surface area contributed by atoms with E-state index in [2.05, 4.69) is 39.0 Å². The number of aromatic nitrogens is 2. The minimum absolute atomic E-state index is 0.118. The molecule has 1 amide bonds. The molecule has 0 spiro atoms. The molecule has 1 rings (SSSR count). The summed E-state index contributed by atoms with van der Waals surface area (Å²) in [5, 5.41) is 4.22. The van der Waals surface area contributed by atoms with E-state index < -0.39 is 14.2 Å². The van der Waals surface area contributed by atoms with Crippen LogP contribution in [0, 0.1) is 0 Å². The fourth-order valence-electron chi connectivity index (χ4n) is 1.35. The van der Waals surface area contributed by atoms with Gasteiger partial charge in [-0.3, -0.25) is 9.48 Å². The van der Waals surface area contributed by atoms with Gasteiger partial charge in [0.2, 0.25) is 0 Å². The van der Waals surface area contributed by atoms with Gasteiger partial charge in [0.05, 0.1) is 18.8 Å². The molecular formula is C12H24N4O2Si. The van der Waals surface area contributed by atoms with Crippen molar-refractivity contribution >= 4 is 19.9 Å². The molecule has 0 aliphatic heterocycles. The highest BCUT2D eigenvalue weighted by Gasteiger charge is 2.36. The molecule has 0 atom stereocenters. The normalized spacial score (nSPS) is 12.7. The zero-order valence-electron chi connectivity index (χ0n) is 12.4. The van der Waals surface area contributed by atoms with E-state index in [1.54, 1.807) is 10.9 Å². The minimum Gasteiger partial charge on any atom is -0.415 e. The monoisotopic (exact) mass is 284 g/mol. The van der Waals surface area contributed by atoms with Gasteiger partial charge in [-0.2, -0.15) is 5.10 Å². The third-order valence-electron chi connectivity index (χ3n) is 3.61. The summed E-state index contributed by atoms with van der Waals surface area (Å²) in [6, 6.07) is 0. The van der Waals surface area contributed by atoms with Gasteiger partial charge in [0.15, 0.2) is 14.0 Å². The van der Waals surface area contributed by atoms with Crippen molar-refractivity contribution in [2.75, 3.05) is 12.3 Å². The van der Waals surface area contributed by atoms with E-state index in [-0.39, 0.29) is 10.7 Å². The standard InChI is InChI=1S/C12H24N4O2Si/c1-12(2,3)19(4,5)18-7-6-16-8-9(13)10(15-16)11(14)17/h8H,6-7,13H2,1-5H3,(H2,14,17). The molecule has 0 aliphatic carbocycles. The third kappa shape index (κ3) is 3.81. The Labute approximate surface area is 115 Å². The van der Waals surface area contributed by atoms with Crippen LogP contribution in [0.2, 0.25) is 18.1 Å². The maximum Gasteiger partial charge on any atom is 0.271 e. The van der Waals surface area contributed by atoms with E-state index in [1.807, 2.05) is 0 Å². The van der Waals surface area contributed by atoms with E-state index in [0.717, 1.165) is 0 Å². The smallest absolute Gasteiger partial charge is 0.271 e. The Morgan fingerprint density at radius 1 is 1.47 bits per heavy atom. The first kappa shape index (κ1) is 15.7. The number of amides is 1. The maximum absolute atomic E-state index is 11.0. The summed E-state index contributed by atoms with van der Waals surface area (Å²) in [6.07, 6.45) is 1.61. The van der Waals surface area contributed by atoms with Crippen molar-refractivity contribution in [2.24, 2.45) is 5.73 Å². The Hall–Kier alpha value is -1.34. The number of carbonyl (C=O) groups excluding carboxylic acids is 1. The van der Waals surface area contributed by atoms with Crippen LogP contribution in [0.4, 0.5) is 5.69 Å². The Morgan fingerprint density at radius 2 is 2.05 bits per heavy atom. The summed E-state index contributed by atoms with van der Waals surface area (Å²) in [7, 11) is -1.75. The van der Waals surface area contributed by atoms with Crippen LogP contribution in [-0.2, 0) is 11.0 Å². The molecule has 0 unspecified atom stereocenters. The first-order valence-corrected chi connectivity index (χ1v) is 9.22. The minimum atomic E-state index is -1.75. The lowest BCUT2D eigenvalue weighted by atomic mass is 10.2. The van der Waals surface area contributed by atoms with Gasteiger partial charge in [-0.05, 0) is 18.1 Å². The van der Waals surface area contributed by atoms with Crippen LogP contribution in [0.1, 0.15) is 31.3 Å². The SMILES string of the molecule is CC(C)(C)[Si](C)(C)OCCn1cc(N)c(C(N)=O)n1. The second-order valence-corrected chi connectivity index (χ2v) is 11.0. The molecular weight excluding hydrogens is 260 g/mol. The van der Waals surface area contributed by atoms with Gasteiger partial charge in [0.25, 0.3) is 5.91 Å². The summed E-state index contributed by atoms with van der Waals surface area (Å²) < 4.78 is 7.63. The van der Waals surface area contributed by atoms with Crippen molar-refractivity contribution in [1.29, 1.82) is 0 Å². The summed E-state index contributed by atoms with van der Waals surface area (Å²) in [5.74, 6) is -0.610. The Morgan fingerprint density at radius 3 is 2.47 bits per heavy atom. The van der Waals surface area contributed by atoms with Crippen LogP contribution >= 0.6 is 0 Å². The molecule has 19 heavy (non-hydrogen) atoms. The lowest BCUT2D eigenvalue weighted by Gasteiger charge is -2.36. The molecule has 0 fully saturated rings. The van der Waals surface area contributed by atoms with E-state index in [1.165, 1.54) is 0 Å². The van der Waals surface area contributed by atoms with Crippen LogP contribution in [0.3, 0.4) is 0 Å². The highest BCUT2D eigenvalue weighted by atomic mass is 28.4. The first-order valence-electron chi connectivity index (χ1n) is 6.31. The molecule has 0 aliphatic rings. The summed E-state index contributed by atoms with van der Waals surface area (Å²) in [6.45, 7) is 12.1. The van der Waals surface area contributed by atoms with Crippen LogP contribution in [0.25, 0.3) is 0 Å². The Bertz CT molecular complexity index is 463. The quantitative estimate of drug-likeness (QED) is 0.802. The van der Waals surface area contributed by atoms with Gasteiger partial charge >= 0.3 is 0 Å². The number of rotatable bonds is 5. The van der Waals surface area contributed by atoms with Crippen molar-refractivity contribution in [3.8, 4) is 0 Å². The topological polar surface area (TPSA) is 96.2 Å².